The maximum atomic E-state index is 5.88. The number of hydrogen-bond donors (Lipinski definition) is 1. The van der Waals surface area contributed by atoms with Gasteiger partial charge in [0.15, 0.2) is 0 Å². The van der Waals surface area contributed by atoms with Crippen molar-refractivity contribution in [2.75, 3.05) is 7.11 Å². The molecule has 0 aliphatic heterocycles. The molecule has 17 heavy (non-hydrogen) atoms. The minimum absolute atomic E-state index is 0.163. The molecule has 2 unspecified atom stereocenters. The van der Waals surface area contributed by atoms with Crippen molar-refractivity contribution < 1.29 is 9.47 Å². The topological polar surface area (TPSA) is 70.3 Å². The first kappa shape index (κ1) is 12.3. The quantitative estimate of drug-likeness (QED) is 0.854. The van der Waals surface area contributed by atoms with Crippen molar-refractivity contribution in [3.05, 3.63) is 17.8 Å². The maximum Gasteiger partial charge on any atom is 0.238 e. The monoisotopic (exact) mass is 237 g/mol. The van der Waals surface area contributed by atoms with Gasteiger partial charge in [-0.15, -0.1) is 5.10 Å². The smallest absolute Gasteiger partial charge is 0.238 e. The van der Waals surface area contributed by atoms with Gasteiger partial charge in [-0.25, -0.2) is 0 Å². The minimum atomic E-state index is 0.163. The van der Waals surface area contributed by atoms with Gasteiger partial charge in [0.2, 0.25) is 5.88 Å². The van der Waals surface area contributed by atoms with Crippen molar-refractivity contribution in [2.24, 2.45) is 5.73 Å². The molecule has 1 saturated carbocycles. The molecule has 1 heterocycles. The van der Waals surface area contributed by atoms with E-state index in [9.17, 15) is 0 Å². The zero-order chi connectivity index (χ0) is 12.1. The summed E-state index contributed by atoms with van der Waals surface area (Å²) in [6, 6.07) is 1.85. The summed E-state index contributed by atoms with van der Waals surface area (Å²) >= 11 is 0. The van der Waals surface area contributed by atoms with Crippen LogP contribution in [0, 0.1) is 0 Å². The zero-order valence-electron chi connectivity index (χ0n) is 10.1. The number of rotatable bonds is 4. The fourth-order valence-electron chi connectivity index (χ4n) is 2.18. The van der Waals surface area contributed by atoms with Crippen LogP contribution in [0.5, 0.6) is 5.88 Å². The van der Waals surface area contributed by atoms with E-state index in [2.05, 4.69) is 10.2 Å². The third-order valence-corrected chi connectivity index (χ3v) is 3.18. The molecule has 0 radical (unpaired) electrons. The van der Waals surface area contributed by atoms with Crippen molar-refractivity contribution >= 4 is 0 Å². The lowest BCUT2D eigenvalue weighted by Gasteiger charge is -2.28. The highest BCUT2D eigenvalue weighted by molar-refractivity contribution is 5.23. The summed E-state index contributed by atoms with van der Waals surface area (Å²) in [6.45, 7) is 0.422. The van der Waals surface area contributed by atoms with E-state index < -0.39 is 0 Å². The highest BCUT2D eigenvalue weighted by Gasteiger charge is 2.24. The molecule has 5 nitrogen and oxygen atoms in total. The van der Waals surface area contributed by atoms with E-state index in [1.54, 1.807) is 13.3 Å². The molecule has 0 aromatic carbocycles. The molecule has 1 aliphatic carbocycles. The van der Waals surface area contributed by atoms with Crippen LogP contribution in [0.2, 0.25) is 0 Å². The van der Waals surface area contributed by atoms with Crippen LogP contribution in [0.4, 0.5) is 0 Å². The van der Waals surface area contributed by atoms with Crippen LogP contribution in [-0.2, 0) is 11.3 Å². The average molecular weight is 237 g/mol. The third kappa shape index (κ3) is 3.14. The first-order valence-corrected chi connectivity index (χ1v) is 6.03. The van der Waals surface area contributed by atoms with Gasteiger partial charge in [-0.05, 0) is 25.3 Å². The largest absolute Gasteiger partial charge is 0.473 e. The Morgan fingerprint density at radius 1 is 1.41 bits per heavy atom. The predicted molar refractivity (Wildman–Crippen MR) is 63.6 cm³/mol. The van der Waals surface area contributed by atoms with Crippen LogP contribution >= 0.6 is 0 Å². The van der Waals surface area contributed by atoms with Gasteiger partial charge >= 0.3 is 0 Å². The number of methoxy groups -OCH3 is 1. The summed E-state index contributed by atoms with van der Waals surface area (Å²) < 4.78 is 11.3. The van der Waals surface area contributed by atoms with Crippen molar-refractivity contribution in [1.82, 2.24) is 10.2 Å². The Morgan fingerprint density at radius 3 is 3.00 bits per heavy atom. The minimum Gasteiger partial charge on any atom is -0.473 e. The van der Waals surface area contributed by atoms with Gasteiger partial charge in [0, 0.05) is 25.6 Å². The highest BCUT2D eigenvalue weighted by atomic mass is 16.5. The van der Waals surface area contributed by atoms with E-state index in [1.165, 1.54) is 0 Å². The number of nitrogens with zero attached hydrogens (tertiary/aromatic N) is 2. The Bertz CT molecular complexity index is 359. The summed E-state index contributed by atoms with van der Waals surface area (Å²) in [4.78, 5) is 0. The first-order valence-electron chi connectivity index (χ1n) is 6.03. The van der Waals surface area contributed by atoms with Gasteiger partial charge in [0.1, 0.15) is 6.10 Å². The second kappa shape index (κ2) is 5.93. The molecule has 1 aromatic rings. The molecule has 0 amide bonds. The average Bonchev–Trinajstić information content (AvgIpc) is 2.39. The van der Waals surface area contributed by atoms with E-state index in [1.807, 2.05) is 6.07 Å². The molecular weight excluding hydrogens is 218 g/mol. The van der Waals surface area contributed by atoms with E-state index in [4.69, 9.17) is 15.2 Å². The predicted octanol–water partition coefficient (Wildman–Crippen LogP) is 1.27. The highest BCUT2D eigenvalue weighted by Crippen LogP contribution is 2.25. The lowest BCUT2D eigenvalue weighted by molar-refractivity contribution is 0.0188. The Labute approximate surface area is 101 Å². The molecule has 2 atom stereocenters. The van der Waals surface area contributed by atoms with Crippen LogP contribution in [0.3, 0.4) is 0 Å². The number of nitrogens with two attached hydrogens (primary N) is 1. The molecule has 1 aromatic heterocycles. The van der Waals surface area contributed by atoms with E-state index in [0.717, 1.165) is 31.2 Å². The summed E-state index contributed by atoms with van der Waals surface area (Å²) in [5, 5.41) is 7.84. The van der Waals surface area contributed by atoms with Crippen LogP contribution < -0.4 is 10.5 Å². The second-order valence-corrected chi connectivity index (χ2v) is 4.33. The molecule has 2 N–H and O–H groups in total. The molecule has 94 valence electrons. The summed E-state index contributed by atoms with van der Waals surface area (Å²) in [6.07, 6.45) is 6.29. The Hall–Kier alpha value is -1.20. The molecular formula is C12H19N3O2. The van der Waals surface area contributed by atoms with Crippen LogP contribution in [0.1, 0.15) is 31.2 Å². The molecule has 5 heteroatoms. The number of ether oxygens (including phenoxy) is 2. The fourth-order valence-corrected chi connectivity index (χ4v) is 2.18. The molecule has 1 fully saturated rings. The Kier molecular flexibility index (Phi) is 4.28. The zero-order valence-corrected chi connectivity index (χ0v) is 10.1. The molecule has 2 rings (SSSR count). The van der Waals surface area contributed by atoms with Crippen LogP contribution in [0.15, 0.2) is 12.3 Å². The fraction of sp³-hybridized carbons (Fsp3) is 0.667. The summed E-state index contributed by atoms with van der Waals surface area (Å²) in [7, 11) is 1.75. The summed E-state index contributed by atoms with van der Waals surface area (Å²) in [5.41, 5.74) is 6.54. The second-order valence-electron chi connectivity index (χ2n) is 4.33. The van der Waals surface area contributed by atoms with E-state index in [0.29, 0.717) is 18.5 Å². The molecule has 0 bridgehead atoms. The van der Waals surface area contributed by atoms with Gasteiger partial charge in [-0.3, -0.25) is 0 Å². The van der Waals surface area contributed by atoms with E-state index >= 15 is 0 Å². The van der Waals surface area contributed by atoms with Crippen molar-refractivity contribution in [3.8, 4) is 5.88 Å². The lowest BCUT2D eigenvalue weighted by atomic mass is 9.95. The Morgan fingerprint density at radius 2 is 2.24 bits per heavy atom. The third-order valence-electron chi connectivity index (χ3n) is 3.18. The normalized spacial score (nSPS) is 24.6. The molecule has 0 spiro atoms. The molecule has 0 saturated heterocycles. The lowest BCUT2D eigenvalue weighted by Crippen LogP contribution is -2.30. The SMILES string of the molecule is COC1CCCC(Oc2nnccc2CN)C1. The van der Waals surface area contributed by atoms with Crippen molar-refractivity contribution in [3.63, 3.8) is 0 Å². The number of hydrogen-bond acceptors (Lipinski definition) is 5. The Balaban J connectivity index is 2.00. The summed E-state index contributed by atoms with van der Waals surface area (Å²) in [5.74, 6) is 0.566. The standard InChI is InChI=1S/C12H19N3O2/c1-16-10-3-2-4-11(7-10)17-12-9(8-13)5-6-14-15-12/h5-6,10-11H,2-4,7-8,13H2,1H3. The maximum absolute atomic E-state index is 5.88. The van der Waals surface area contributed by atoms with Gasteiger partial charge in [0.05, 0.1) is 12.3 Å². The van der Waals surface area contributed by atoms with Crippen LogP contribution in [-0.4, -0.2) is 29.5 Å². The van der Waals surface area contributed by atoms with Crippen LogP contribution in [0.25, 0.3) is 0 Å². The number of aromatic nitrogens is 2. The van der Waals surface area contributed by atoms with Gasteiger partial charge in [-0.2, -0.15) is 5.10 Å². The molecule has 1 aliphatic rings. The van der Waals surface area contributed by atoms with Crippen molar-refractivity contribution in [2.45, 2.75) is 44.4 Å². The van der Waals surface area contributed by atoms with Gasteiger partial charge < -0.3 is 15.2 Å². The van der Waals surface area contributed by atoms with E-state index in [-0.39, 0.29) is 6.10 Å². The van der Waals surface area contributed by atoms with Gasteiger partial charge in [0.25, 0.3) is 0 Å². The van der Waals surface area contributed by atoms with Gasteiger partial charge in [-0.1, -0.05) is 0 Å². The first-order chi connectivity index (χ1) is 8.33. The van der Waals surface area contributed by atoms with Crippen molar-refractivity contribution in [1.29, 1.82) is 0 Å².